The van der Waals surface area contributed by atoms with Crippen LogP contribution in [0.4, 0.5) is 15.9 Å². The summed E-state index contributed by atoms with van der Waals surface area (Å²) in [6.45, 7) is 2.84. The largest absolute Gasteiger partial charge is 0.487 e. The minimum atomic E-state index is -0.525. The van der Waals surface area contributed by atoms with Gasteiger partial charge in [0.2, 0.25) is 0 Å². The molecule has 1 amide bonds. The SMILES string of the molecule is [NH3+]C(=O)C1CCN(CC(O)Cn2ccc(-c3ccc4ncnc(Nc5ccc(OCc6cccc(F)c6)c(Cl)c5)c4c3)c2)CC1. The Morgan fingerprint density at radius 2 is 1.91 bits per heavy atom. The third kappa shape index (κ3) is 7.66. The minimum absolute atomic E-state index is 0.0157. The van der Waals surface area contributed by atoms with Gasteiger partial charge >= 0.3 is 5.91 Å². The lowest BCUT2D eigenvalue weighted by Crippen LogP contribution is -2.61. The molecule has 1 aliphatic heterocycles. The maximum Gasteiger partial charge on any atom is 0.311 e. The summed E-state index contributed by atoms with van der Waals surface area (Å²) in [7, 11) is 0. The maximum atomic E-state index is 13.5. The summed E-state index contributed by atoms with van der Waals surface area (Å²) in [6.07, 6.45) is 6.59. The standard InChI is InChI=1S/C34H34ClFN6O3/c35-30-16-27(5-7-32(30)45-20-22-2-1-3-26(36)14-22)40-34-29-15-24(4-6-31(29)38-21-39-34)25-10-13-42(17-25)19-28(43)18-41-11-8-23(9-12-41)33(37)44/h1-7,10,13-17,21,23,28,43H,8-9,11-12,18-20H2,(H2,37,44)(H,38,39,40)/p+1. The number of nitrogens with zero attached hydrogens (tertiary/aromatic N) is 4. The first-order chi connectivity index (χ1) is 21.8. The smallest absolute Gasteiger partial charge is 0.311 e. The Hall–Kier alpha value is -4.35. The quantitative estimate of drug-likeness (QED) is 0.187. The van der Waals surface area contributed by atoms with Crippen molar-refractivity contribution in [3.63, 3.8) is 0 Å². The number of likely N-dealkylation sites (tertiary alicyclic amines) is 1. The molecule has 5 N–H and O–H groups in total. The highest BCUT2D eigenvalue weighted by Gasteiger charge is 2.26. The first-order valence-corrected chi connectivity index (χ1v) is 15.3. The number of hydrogen-bond acceptors (Lipinski definition) is 7. The Morgan fingerprint density at radius 3 is 2.69 bits per heavy atom. The van der Waals surface area contributed by atoms with E-state index < -0.39 is 6.10 Å². The number of piperidine rings is 1. The predicted octanol–water partition coefficient (Wildman–Crippen LogP) is 5.05. The van der Waals surface area contributed by atoms with Gasteiger partial charge in [0.25, 0.3) is 0 Å². The van der Waals surface area contributed by atoms with E-state index >= 15 is 0 Å². The summed E-state index contributed by atoms with van der Waals surface area (Å²) in [4.78, 5) is 22.7. The van der Waals surface area contributed by atoms with Crippen LogP contribution in [-0.4, -0.2) is 56.2 Å². The summed E-state index contributed by atoms with van der Waals surface area (Å²) >= 11 is 6.52. The van der Waals surface area contributed by atoms with Crippen molar-refractivity contribution in [1.29, 1.82) is 0 Å². The van der Waals surface area contributed by atoms with E-state index in [9.17, 15) is 14.3 Å². The van der Waals surface area contributed by atoms with Crippen LogP contribution >= 0.6 is 11.6 Å². The highest BCUT2D eigenvalue weighted by molar-refractivity contribution is 6.32. The van der Waals surface area contributed by atoms with Gasteiger partial charge in [0.05, 0.1) is 22.6 Å². The molecule has 6 rings (SSSR count). The number of anilines is 2. The molecule has 0 aliphatic carbocycles. The summed E-state index contributed by atoms with van der Waals surface area (Å²) < 4.78 is 21.3. The van der Waals surface area contributed by atoms with Gasteiger partial charge in [-0.2, -0.15) is 0 Å². The van der Waals surface area contributed by atoms with Gasteiger partial charge in [0.15, 0.2) is 0 Å². The molecule has 1 atom stereocenters. The van der Waals surface area contributed by atoms with Gasteiger partial charge in [-0.1, -0.05) is 29.8 Å². The summed E-state index contributed by atoms with van der Waals surface area (Å²) in [6, 6.07) is 19.7. The topological polar surface area (TPSA) is 120 Å². The van der Waals surface area contributed by atoms with E-state index in [1.165, 1.54) is 18.5 Å². The van der Waals surface area contributed by atoms with Crippen LogP contribution in [0.2, 0.25) is 5.02 Å². The Labute approximate surface area is 265 Å². The molecule has 2 aromatic heterocycles. The average molecular weight is 630 g/mol. The summed E-state index contributed by atoms with van der Waals surface area (Å²) in [5, 5.41) is 15.4. The molecule has 0 saturated carbocycles. The van der Waals surface area contributed by atoms with E-state index in [1.807, 2.05) is 47.3 Å². The third-order valence-electron chi connectivity index (χ3n) is 8.13. The third-order valence-corrected chi connectivity index (χ3v) is 8.43. The zero-order valence-corrected chi connectivity index (χ0v) is 25.5. The normalized spacial score (nSPS) is 14.8. The number of benzene rings is 3. The zero-order valence-electron chi connectivity index (χ0n) is 24.7. The van der Waals surface area contributed by atoms with Crippen LogP contribution in [0.3, 0.4) is 0 Å². The lowest BCUT2D eigenvalue weighted by molar-refractivity contribution is -0.312. The van der Waals surface area contributed by atoms with E-state index in [4.69, 9.17) is 16.3 Å². The molecule has 1 aliphatic rings. The van der Waals surface area contributed by atoms with Crippen molar-refractivity contribution in [2.24, 2.45) is 5.92 Å². The number of ether oxygens (including phenoxy) is 1. The molecule has 1 unspecified atom stereocenters. The highest BCUT2D eigenvalue weighted by atomic mass is 35.5. The van der Waals surface area contributed by atoms with E-state index in [0.717, 1.165) is 53.6 Å². The predicted molar refractivity (Wildman–Crippen MR) is 171 cm³/mol. The second-order valence-corrected chi connectivity index (χ2v) is 11.8. The Morgan fingerprint density at radius 1 is 1.07 bits per heavy atom. The van der Waals surface area contributed by atoms with Crippen LogP contribution in [0, 0.1) is 11.7 Å². The molecule has 3 aromatic carbocycles. The fourth-order valence-corrected chi connectivity index (χ4v) is 5.95. The van der Waals surface area contributed by atoms with Gasteiger partial charge in [0, 0.05) is 36.6 Å². The number of quaternary nitrogens is 1. The summed E-state index contributed by atoms with van der Waals surface area (Å²) in [5.41, 5.74) is 7.79. The number of carbonyl (C=O) groups excluding carboxylic acids is 1. The Balaban J connectivity index is 1.11. The maximum absolute atomic E-state index is 13.5. The van der Waals surface area contributed by atoms with Gasteiger partial charge in [-0.25, -0.2) is 19.2 Å². The number of amides is 1. The fraction of sp³-hybridized carbons (Fsp3) is 0.265. The molecule has 9 nitrogen and oxygen atoms in total. The summed E-state index contributed by atoms with van der Waals surface area (Å²) in [5.74, 6) is 0.871. The monoisotopic (exact) mass is 629 g/mol. The molecule has 0 radical (unpaired) electrons. The number of aliphatic hydroxyl groups is 1. The molecule has 5 aromatic rings. The highest BCUT2D eigenvalue weighted by Crippen LogP contribution is 2.32. The number of carbonyl (C=O) groups is 1. The van der Waals surface area contributed by atoms with Crippen molar-refractivity contribution in [2.75, 3.05) is 25.0 Å². The number of halogens is 2. The van der Waals surface area contributed by atoms with Crippen molar-refractivity contribution in [1.82, 2.24) is 19.4 Å². The van der Waals surface area contributed by atoms with Crippen molar-refractivity contribution in [2.45, 2.75) is 32.1 Å². The van der Waals surface area contributed by atoms with Gasteiger partial charge < -0.3 is 24.6 Å². The van der Waals surface area contributed by atoms with E-state index in [2.05, 4.69) is 25.9 Å². The van der Waals surface area contributed by atoms with Crippen LogP contribution in [0.5, 0.6) is 5.75 Å². The molecule has 0 bridgehead atoms. The number of β-amino-alcohol motifs (C(OH)–C–C–N with tert-alkyl or cyclic N) is 1. The van der Waals surface area contributed by atoms with Crippen LogP contribution in [-0.2, 0) is 17.9 Å². The molecule has 0 spiro atoms. The molecule has 1 saturated heterocycles. The average Bonchev–Trinajstić information content (AvgIpc) is 3.49. The Bertz CT molecular complexity index is 1810. The molecular weight excluding hydrogens is 595 g/mol. The molecule has 11 heteroatoms. The molecular formula is C34H35ClFN6O3+. The van der Waals surface area contributed by atoms with Crippen molar-refractivity contribution in [3.05, 3.63) is 102 Å². The van der Waals surface area contributed by atoms with Crippen LogP contribution in [0.15, 0.2) is 85.5 Å². The lowest BCUT2D eigenvalue weighted by Gasteiger charge is -2.31. The van der Waals surface area contributed by atoms with Crippen molar-refractivity contribution >= 4 is 39.9 Å². The molecule has 45 heavy (non-hydrogen) atoms. The number of nitrogens with one attached hydrogen (secondary N) is 1. The first kappa shape index (κ1) is 30.7. The fourth-order valence-electron chi connectivity index (χ4n) is 5.72. The van der Waals surface area contributed by atoms with Crippen molar-refractivity contribution < 1.29 is 24.8 Å². The van der Waals surface area contributed by atoms with Crippen LogP contribution in [0.25, 0.3) is 22.0 Å². The first-order valence-electron chi connectivity index (χ1n) is 14.9. The van der Waals surface area contributed by atoms with E-state index in [0.29, 0.717) is 35.2 Å². The number of aromatic nitrogens is 3. The van der Waals surface area contributed by atoms with E-state index in [-0.39, 0.29) is 24.2 Å². The molecule has 232 valence electrons. The van der Waals surface area contributed by atoms with E-state index in [1.54, 1.807) is 24.3 Å². The molecule has 1 fully saturated rings. The van der Waals surface area contributed by atoms with Gasteiger partial charge in [-0.3, -0.25) is 5.73 Å². The van der Waals surface area contributed by atoms with Crippen LogP contribution in [0.1, 0.15) is 18.4 Å². The zero-order chi connectivity index (χ0) is 31.3. The Kier molecular flexibility index (Phi) is 9.37. The number of rotatable bonds is 11. The van der Waals surface area contributed by atoms with Gasteiger partial charge in [0.1, 0.15) is 30.3 Å². The van der Waals surface area contributed by atoms with Crippen LogP contribution < -0.4 is 15.8 Å². The second-order valence-electron chi connectivity index (χ2n) is 11.4. The number of aliphatic hydroxyl groups excluding tert-OH is 1. The minimum Gasteiger partial charge on any atom is -0.487 e. The molecule has 3 heterocycles. The van der Waals surface area contributed by atoms with Gasteiger partial charge in [-0.05, 0) is 91.2 Å². The van der Waals surface area contributed by atoms with Crippen molar-refractivity contribution in [3.8, 4) is 16.9 Å². The lowest BCUT2D eigenvalue weighted by atomic mass is 9.96. The second kappa shape index (κ2) is 13.7. The number of fused-ring (bicyclic) bond motifs is 1. The number of hydrogen-bond donors (Lipinski definition) is 3. The van der Waals surface area contributed by atoms with Gasteiger partial charge in [-0.15, -0.1) is 0 Å².